The summed E-state index contributed by atoms with van der Waals surface area (Å²) in [4.78, 5) is 9.54. The van der Waals surface area contributed by atoms with Gasteiger partial charge in [0.25, 0.3) is 0 Å². The standard InChI is InChI=1S/C22H20N6O2S/c1-27-11-14(10-23-27)28-8-6-17-20(28)21(30-15-7-9-29-12-15)26-22(24-17)25-18-13-31-19-5-3-2-4-16(18)19/h2-6,8,10-11,13,15H,7,9,12H2,1H3,(H,24,25,26)/t15-/m0/s1. The number of nitrogens with one attached hydrogen (secondary N) is 1. The number of aromatic nitrogens is 5. The van der Waals surface area contributed by atoms with Crippen molar-refractivity contribution in [2.45, 2.75) is 12.5 Å². The number of nitrogens with zero attached hydrogens (tertiary/aromatic N) is 5. The Morgan fingerprint density at radius 2 is 2.16 bits per heavy atom. The van der Waals surface area contributed by atoms with Gasteiger partial charge in [-0.1, -0.05) is 18.2 Å². The van der Waals surface area contributed by atoms with E-state index in [4.69, 9.17) is 19.4 Å². The van der Waals surface area contributed by atoms with Gasteiger partial charge in [0, 0.05) is 41.3 Å². The lowest BCUT2D eigenvalue weighted by atomic mass is 10.2. The van der Waals surface area contributed by atoms with Crippen LogP contribution in [0.4, 0.5) is 11.6 Å². The molecular weight excluding hydrogens is 412 g/mol. The summed E-state index contributed by atoms with van der Waals surface area (Å²) in [7, 11) is 1.90. The largest absolute Gasteiger partial charge is 0.470 e. The van der Waals surface area contributed by atoms with Gasteiger partial charge in [0.2, 0.25) is 11.8 Å². The second kappa shape index (κ2) is 7.36. The Hall–Kier alpha value is -3.43. The summed E-state index contributed by atoms with van der Waals surface area (Å²) >= 11 is 1.69. The van der Waals surface area contributed by atoms with E-state index in [9.17, 15) is 0 Å². The molecule has 0 amide bonds. The van der Waals surface area contributed by atoms with Crippen molar-refractivity contribution >= 4 is 44.1 Å². The van der Waals surface area contributed by atoms with E-state index in [1.165, 1.54) is 4.70 Å². The Kier molecular flexibility index (Phi) is 4.36. The molecule has 0 radical (unpaired) electrons. The summed E-state index contributed by atoms with van der Waals surface area (Å²) in [6, 6.07) is 10.3. The number of rotatable bonds is 5. The highest BCUT2D eigenvalue weighted by Crippen LogP contribution is 2.34. The first-order valence-electron chi connectivity index (χ1n) is 10.1. The molecule has 6 rings (SSSR count). The van der Waals surface area contributed by atoms with Crippen LogP contribution < -0.4 is 10.1 Å². The van der Waals surface area contributed by atoms with Crippen molar-refractivity contribution < 1.29 is 9.47 Å². The molecule has 5 heterocycles. The van der Waals surface area contributed by atoms with E-state index in [1.54, 1.807) is 16.0 Å². The third-order valence-electron chi connectivity index (χ3n) is 5.36. The minimum Gasteiger partial charge on any atom is -0.470 e. The Labute approximate surface area is 182 Å². The maximum Gasteiger partial charge on any atom is 0.244 e. The zero-order chi connectivity index (χ0) is 20.8. The average Bonchev–Trinajstić information content (AvgIpc) is 3.56. The van der Waals surface area contributed by atoms with Crippen molar-refractivity contribution in [3.05, 3.63) is 54.3 Å². The van der Waals surface area contributed by atoms with Crippen LogP contribution in [0.15, 0.2) is 54.3 Å². The van der Waals surface area contributed by atoms with Gasteiger partial charge >= 0.3 is 0 Å². The van der Waals surface area contributed by atoms with E-state index in [-0.39, 0.29) is 6.10 Å². The number of ether oxygens (including phenoxy) is 2. The first kappa shape index (κ1) is 18.3. The molecule has 0 saturated carbocycles. The fourth-order valence-corrected chi connectivity index (χ4v) is 4.75. The number of aryl methyl sites for hydroxylation is 1. The first-order valence-corrected chi connectivity index (χ1v) is 11.0. The molecular formula is C22H20N6O2S. The summed E-state index contributed by atoms with van der Waals surface area (Å²) in [5, 5.41) is 10.9. The number of benzene rings is 1. The Bertz CT molecular complexity index is 1380. The number of thiophene rings is 1. The van der Waals surface area contributed by atoms with E-state index in [1.807, 2.05) is 48.4 Å². The molecule has 1 aromatic carbocycles. The molecule has 1 aliphatic heterocycles. The van der Waals surface area contributed by atoms with Crippen LogP contribution in [0, 0.1) is 0 Å². The number of hydrogen-bond acceptors (Lipinski definition) is 7. The van der Waals surface area contributed by atoms with E-state index in [0.29, 0.717) is 25.0 Å². The van der Waals surface area contributed by atoms with Gasteiger partial charge < -0.3 is 19.4 Å². The molecule has 5 aromatic rings. The predicted octanol–water partition coefficient (Wildman–Crippen LogP) is 4.28. The third kappa shape index (κ3) is 3.31. The van der Waals surface area contributed by atoms with E-state index >= 15 is 0 Å². The summed E-state index contributed by atoms with van der Waals surface area (Å²) < 4.78 is 16.8. The second-order valence-electron chi connectivity index (χ2n) is 7.52. The molecule has 4 aromatic heterocycles. The fraction of sp³-hybridized carbons (Fsp3) is 0.227. The normalized spacial score (nSPS) is 16.4. The smallest absolute Gasteiger partial charge is 0.244 e. The van der Waals surface area contributed by atoms with Gasteiger partial charge in [-0.25, -0.2) is 4.98 Å². The molecule has 0 bridgehead atoms. The third-order valence-corrected chi connectivity index (χ3v) is 6.33. The topological polar surface area (TPSA) is 79.0 Å². The molecule has 1 N–H and O–H groups in total. The van der Waals surface area contributed by atoms with Crippen LogP contribution in [0.2, 0.25) is 0 Å². The van der Waals surface area contributed by atoms with Crippen molar-refractivity contribution in [2.75, 3.05) is 18.5 Å². The van der Waals surface area contributed by atoms with Gasteiger partial charge in [0.15, 0.2) is 0 Å². The lowest BCUT2D eigenvalue weighted by Gasteiger charge is -2.14. The monoisotopic (exact) mass is 432 g/mol. The molecule has 0 aliphatic carbocycles. The lowest BCUT2D eigenvalue weighted by Crippen LogP contribution is -2.17. The average molecular weight is 433 g/mol. The maximum atomic E-state index is 6.30. The Morgan fingerprint density at radius 1 is 1.23 bits per heavy atom. The molecule has 0 spiro atoms. The molecule has 1 aliphatic rings. The van der Waals surface area contributed by atoms with Crippen LogP contribution in [0.25, 0.3) is 26.8 Å². The van der Waals surface area contributed by atoms with Crippen LogP contribution >= 0.6 is 11.3 Å². The molecule has 8 nitrogen and oxygen atoms in total. The van der Waals surface area contributed by atoms with Crippen molar-refractivity contribution in [3.8, 4) is 11.6 Å². The molecule has 31 heavy (non-hydrogen) atoms. The van der Waals surface area contributed by atoms with Gasteiger partial charge in [-0.3, -0.25) is 4.68 Å². The molecule has 1 atom stereocenters. The van der Waals surface area contributed by atoms with Gasteiger partial charge in [-0.15, -0.1) is 11.3 Å². The van der Waals surface area contributed by atoms with Gasteiger partial charge in [0.1, 0.15) is 11.6 Å². The molecule has 156 valence electrons. The van der Waals surface area contributed by atoms with Crippen LogP contribution in [-0.4, -0.2) is 43.6 Å². The molecule has 9 heteroatoms. The minimum atomic E-state index is -0.0230. The molecule has 1 fully saturated rings. The highest BCUT2D eigenvalue weighted by atomic mass is 32.1. The van der Waals surface area contributed by atoms with Crippen molar-refractivity contribution in [1.82, 2.24) is 24.3 Å². The first-order chi connectivity index (χ1) is 15.2. The molecule has 1 saturated heterocycles. The second-order valence-corrected chi connectivity index (χ2v) is 8.43. The highest BCUT2D eigenvalue weighted by molar-refractivity contribution is 7.17. The quantitative estimate of drug-likeness (QED) is 0.447. The van der Waals surface area contributed by atoms with Crippen molar-refractivity contribution in [2.24, 2.45) is 7.05 Å². The van der Waals surface area contributed by atoms with Crippen LogP contribution in [-0.2, 0) is 11.8 Å². The summed E-state index contributed by atoms with van der Waals surface area (Å²) in [6.07, 6.45) is 6.55. The number of anilines is 2. The number of fused-ring (bicyclic) bond motifs is 2. The van der Waals surface area contributed by atoms with Crippen molar-refractivity contribution in [1.29, 1.82) is 0 Å². The van der Waals surface area contributed by atoms with Crippen LogP contribution in [0.1, 0.15) is 6.42 Å². The highest BCUT2D eigenvalue weighted by Gasteiger charge is 2.22. The Morgan fingerprint density at radius 3 is 3.00 bits per heavy atom. The number of hydrogen-bond donors (Lipinski definition) is 1. The van der Waals surface area contributed by atoms with Crippen LogP contribution in [0.3, 0.4) is 0 Å². The summed E-state index contributed by atoms with van der Waals surface area (Å²) in [6.45, 7) is 1.27. The van der Waals surface area contributed by atoms with Gasteiger partial charge in [0.05, 0.1) is 36.3 Å². The maximum absolute atomic E-state index is 6.30. The summed E-state index contributed by atoms with van der Waals surface area (Å²) in [5.74, 6) is 1.05. The zero-order valence-electron chi connectivity index (χ0n) is 16.9. The summed E-state index contributed by atoms with van der Waals surface area (Å²) in [5.41, 5.74) is 3.54. The Balaban J connectivity index is 1.45. The van der Waals surface area contributed by atoms with Gasteiger partial charge in [-0.05, 0) is 12.1 Å². The zero-order valence-corrected chi connectivity index (χ0v) is 17.7. The lowest BCUT2D eigenvalue weighted by molar-refractivity contribution is 0.139. The van der Waals surface area contributed by atoms with Crippen molar-refractivity contribution in [3.63, 3.8) is 0 Å². The predicted molar refractivity (Wildman–Crippen MR) is 121 cm³/mol. The SMILES string of the molecule is Cn1cc(-n2ccc3nc(Nc4csc5ccccc45)nc(O[C@H]4CCOC4)c32)cn1. The molecule has 0 unspecified atom stereocenters. The minimum absolute atomic E-state index is 0.0230. The van der Waals surface area contributed by atoms with E-state index in [0.717, 1.165) is 34.2 Å². The van der Waals surface area contributed by atoms with Gasteiger partial charge in [-0.2, -0.15) is 10.1 Å². The van der Waals surface area contributed by atoms with Crippen LogP contribution in [0.5, 0.6) is 5.88 Å². The fourth-order valence-electron chi connectivity index (χ4n) is 3.86. The van der Waals surface area contributed by atoms with E-state index in [2.05, 4.69) is 27.9 Å². The van der Waals surface area contributed by atoms with E-state index < -0.39 is 0 Å².